The Balaban J connectivity index is 1.16. The van der Waals surface area contributed by atoms with Gasteiger partial charge in [-0.1, -0.05) is 0 Å². The van der Waals surface area contributed by atoms with Crippen molar-refractivity contribution in [3.05, 3.63) is 35.9 Å². The van der Waals surface area contributed by atoms with E-state index in [1.165, 1.54) is 17.1 Å². The summed E-state index contributed by atoms with van der Waals surface area (Å²) in [4.78, 5) is 26.5. The summed E-state index contributed by atoms with van der Waals surface area (Å²) in [5.74, 6) is 0.997. The van der Waals surface area contributed by atoms with Crippen LogP contribution in [-0.4, -0.2) is 59.8 Å². The van der Waals surface area contributed by atoms with Crippen LogP contribution in [0.25, 0.3) is 5.82 Å². The summed E-state index contributed by atoms with van der Waals surface area (Å²) in [6, 6.07) is 3.94. The normalized spacial score (nSPS) is 28.3. The number of aromatic nitrogens is 6. The number of esters is 1. The van der Waals surface area contributed by atoms with Crippen LogP contribution in [0.2, 0.25) is 0 Å². The highest BCUT2D eigenvalue weighted by Crippen LogP contribution is 2.50. The summed E-state index contributed by atoms with van der Waals surface area (Å²) in [5.41, 5.74) is 1.38. The third-order valence-electron chi connectivity index (χ3n) is 6.92. The molecule has 1 spiro atoms. The summed E-state index contributed by atoms with van der Waals surface area (Å²) in [7, 11) is 0. The highest BCUT2D eigenvalue weighted by Gasteiger charge is 2.52. The van der Waals surface area contributed by atoms with Gasteiger partial charge in [0.1, 0.15) is 12.9 Å². The number of ether oxygens (including phenoxy) is 1. The maximum Gasteiger partial charge on any atom is 0.333 e. The van der Waals surface area contributed by atoms with Crippen LogP contribution in [-0.2, 0) is 20.7 Å². The van der Waals surface area contributed by atoms with E-state index in [2.05, 4.69) is 32.6 Å². The fourth-order valence-corrected chi connectivity index (χ4v) is 5.28. The maximum atomic E-state index is 13.3. The molecule has 3 aliphatic rings. The molecule has 1 saturated heterocycles. The fraction of sp³-hybridized carbons (Fsp3) is 0.571. The van der Waals surface area contributed by atoms with E-state index >= 15 is 0 Å². The van der Waals surface area contributed by atoms with Crippen LogP contribution in [0.5, 0.6) is 0 Å². The zero-order chi connectivity index (χ0) is 21.4. The second-order valence-corrected chi connectivity index (χ2v) is 8.87. The van der Waals surface area contributed by atoms with Crippen molar-refractivity contribution in [3.8, 4) is 5.82 Å². The molecule has 5 rings (SSSR count). The van der Waals surface area contributed by atoms with Gasteiger partial charge in [-0.3, -0.25) is 4.79 Å². The standard InChI is InChI=1S/C21H25N7O3/c1-14-11-21(20(30)28(14)17-10-19(29)31-12-17)8-6-15(7-9-21)2-3-16-4-5-18(24-23-16)27-13-22-25-26-27/h4-5,10,13-15H,2-3,6-9,11-12H2,1H3/t14-,15?,21?/m0/s1. The summed E-state index contributed by atoms with van der Waals surface area (Å²) < 4.78 is 6.50. The van der Waals surface area contributed by atoms with E-state index in [1.807, 2.05) is 17.0 Å². The zero-order valence-corrected chi connectivity index (χ0v) is 17.5. The highest BCUT2D eigenvalue weighted by molar-refractivity contribution is 5.91. The van der Waals surface area contributed by atoms with Gasteiger partial charge in [-0.25, -0.2) is 4.79 Å². The van der Waals surface area contributed by atoms with Gasteiger partial charge in [0.05, 0.1) is 16.8 Å². The molecule has 10 heteroatoms. The average Bonchev–Trinajstić information content (AvgIpc) is 3.50. The molecule has 0 unspecified atom stereocenters. The molecular weight excluding hydrogens is 398 g/mol. The molecule has 2 aromatic rings. The molecule has 0 N–H and O–H groups in total. The minimum Gasteiger partial charge on any atom is -0.456 e. The Morgan fingerprint density at radius 3 is 2.68 bits per heavy atom. The topological polar surface area (TPSA) is 116 Å². The Morgan fingerprint density at radius 2 is 2.03 bits per heavy atom. The van der Waals surface area contributed by atoms with E-state index in [4.69, 9.17) is 4.74 Å². The number of aryl methyl sites for hydroxylation is 1. The van der Waals surface area contributed by atoms with E-state index < -0.39 is 0 Å². The van der Waals surface area contributed by atoms with Crippen LogP contribution in [0, 0.1) is 11.3 Å². The van der Waals surface area contributed by atoms with Crippen molar-refractivity contribution in [1.29, 1.82) is 0 Å². The quantitative estimate of drug-likeness (QED) is 0.666. The number of nitrogens with zero attached hydrogens (tertiary/aromatic N) is 7. The van der Waals surface area contributed by atoms with E-state index in [1.54, 1.807) is 0 Å². The minimum absolute atomic E-state index is 0.110. The Labute approximate surface area is 179 Å². The van der Waals surface area contributed by atoms with Gasteiger partial charge in [0, 0.05) is 12.1 Å². The van der Waals surface area contributed by atoms with E-state index in [9.17, 15) is 9.59 Å². The molecule has 162 valence electrons. The largest absolute Gasteiger partial charge is 0.456 e. The maximum absolute atomic E-state index is 13.3. The second kappa shape index (κ2) is 7.82. The lowest BCUT2D eigenvalue weighted by Crippen LogP contribution is -2.38. The molecule has 0 radical (unpaired) electrons. The summed E-state index contributed by atoms with van der Waals surface area (Å²) in [6.07, 6.45) is 9.60. The summed E-state index contributed by atoms with van der Waals surface area (Å²) >= 11 is 0. The first-order valence-electron chi connectivity index (χ1n) is 10.8. The number of tetrazole rings is 1. The molecule has 1 atom stereocenters. The number of cyclic esters (lactones) is 1. The molecule has 0 aromatic carbocycles. The van der Waals surface area contributed by atoms with Crippen molar-refractivity contribution < 1.29 is 14.3 Å². The van der Waals surface area contributed by atoms with Crippen molar-refractivity contribution in [1.82, 2.24) is 35.3 Å². The van der Waals surface area contributed by atoms with E-state index in [-0.39, 0.29) is 29.9 Å². The van der Waals surface area contributed by atoms with Gasteiger partial charge in [0.2, 0.25) is 5.91 Å². The molecule has 1 saturated carbocycles. The molecule has 4 heterocycles. The van der Waals surface area contributed by atoms with Gasteiger partial charge in [-0.05, 0) is 80.3 Å². The Morgan fingerprint density at radius 1 is 1.19 bits per heavy atom. The van der Waals surface area contributed by atoms with Crippen LogP contribution < -0.4 is 0 Å². The number of likely N-dealkylation sites (tertiary alicyclic amines) is 1. The van der Waals surface area contributed by atoms with Gasteiger partial charge in [0.15, 0.2) is 5.82 Å². The highest BCUT2D eigenvalue weighted by atomic mass is 16.5. The van der Waals surface area contributed by atoms with Crippen LogP contribution >= 0.6 is 0 Å². The number of hydrogen-bond donors (Lipinski definition) is 0. The SMILES string of the molecule is C[C@H]1CC2(CCC(CCc3ccc(-n4cnnn4)nn3)CC2)C(=O)N1C1=CC(=O)OC1. The first kappa shape index (κ1) is 19.8. The van der Waals surface area contributed by atoms with Crippen LogP contribution in [0.1, 0.15) is 51.1 Å². The van der Waals surface area contributed by atoms with Gasteiger partial charge < -0.3 is 9.64 Å². The monoisotopic (exact) mass is 423 g/mol. The molecule has 0 bridgehead atoms. The van der Waals surface area contributed by atoms with Crippen molar-refractivity contribution >= 4 is 11.9 Å². The Hall–Kier alpha value is -3.17. The van der Waals surface area contributed by atoms with Gasteiger partial charge >= 0.3 is 5.97 Å². The first-order chi connectivity index (χ1) is 15.0. The molecule has 2 fully saturated rings. The predicted octanol–water partition coefficient (Wildman–Crippen LogP) is 1.62. The van der Waals surface area contributed by atoms with E-state index in [0.717, 1.165) is 50.6 Å². The van der Waals surface area contributed by atoms with E-state index in [0.29, 0.717) is 17.4 Å². The lowest BCUT2D eigenvalue weighted by Gasteiger charge is -2.35. The Bertz CT molecular complexity index is 994. The second-order valence-electron chi connectivity index (χ2n) is 8.87. The number of hydrogen-bond acceptors (Lipinski definition) is 8. The Kier molecular flexibility index (Phi) is 4.99. The first-order valence-corrected chi connectivity index (χ1v) is 10.8. The lowest BCUT2D eigenvalue weighted by molar-refractivity contribution is -0.138. The number of rotatable bonds is 5. The van der Waals surface area contributed by atoms with Gasteiger partial charge in [0.25, 0.3) is 0 Å². The van der Waals surface area contributed by atoms with Crippen LogP contribution in [0.15, 0.2) is 30.2 Å². The molecule has 2 aliphatic heterocycles. The van der Waals surface area contributed by atoms with Gasteiger partial charge in [-0.15, -0.1) is 10.2 Å². The summed E-state index contributed by atoms with van der Waals surface area (Å²) in [6.45, 7) is 2.28. The molecule has 31 heavy (non-hydrogen) atoms. The number of carbonyl (C=O) groups excluding carboxylic acids is 2. The lowest BCUT2D eigenvalue weighted by atomic mass is 9.68. The van der Waals surface area contributed by atoms with Crippen LogP contribution in [0.3, 0.4) is 0 Å². The van der Waals surface area contributed by atoms with Crippen molar-refractivity contribution in [3.63, 3.8) is 0 Å². The molecule has 1 amide bonds. The third kappa shape index (κ3) is 3.70. The molecule has 2 aromatic heterocycles. The molecular formula is C21H25N7O3. The van der Waals surface area contributed by atoms with Crippen molar-refractivity contribution in [2.75, 3.05) is 6.61 Å². The van der Waals surface area contributed by atoms with Crippen LogP contribution in [0.4, 0.5) is 0 Å². The van der Waals surface area contributed by atoms with Crippen molar-refractivity contribution in [2.45, 2.75) is 57.9 Å². The van der Waals surface area contributed by atoms with Crippen molar-refractivity contribution in [2.24, 2.45) is 11.3 Å². The zero-order valence-electron chi connectivity index (χ0n) is 17.5. The number of amides is 1. The average molecular weight is 423 g/mol. The molecule has 1 aliphatic carbocycles. The summed E-state index contributed by atoms with van der Waals surface area (Å²) in [5, 5.41) is 19.5. The predicted molar refractivity (Wildman–Crippen MR) is 107 cm³/mol. The molecule has 10 nitrogen and oxygen atoms in total. The third-order valence-corrected chi connectivity index (χ3v) is 6.92. The number of carbonyl (C=O) groups is 2. The minimum atomic E-state index is -0.353. The van der Waals surface area contributed by atoms with Gasteiger partial charge in [-0.2, -0.15) is 9.78 Å². The smallest absolute Gasteiger partial charge is 0.333 e. The fourth-order valence-electron chi connectivity index (χ4n) is 5.28.